The number of carbonyl (C=O) groups excluding carboxylic acids is 1. The molecule has 1 aromatic heterocycles. The van der Waals surface area contributed by atoms with Crippen molar-refractivity contribution in [1.82, 2.24) is 9.88 Å². The number of rotatable bonds is 3. The third-order valence-corrected chi connectivity index (χ3v) is 6.27. The molecule has 1 N–H and O–H groups in total. The van der Waals surface area contributed by atoms with Crippen molar-refractivity contribution in [3.05, 3.63) is 34.7 Å². The normalized spacial score (nSPS) is 22.4. The van der Waals surface area contributed by atoms with E-state index in [0.29, 0.717) is 23.1 Å². The van der Waals surface area contributed by atoms with Gasteiger partial charge in [-0.3, -0.25) is 4.79 Å². The third kappa shape index (κ3) is 2.85. The van der Waals surface area contributed by atoms with Crippen LogP contribution in [0.1, 0.15) is 62.6 Å². The van der Waals surface area contributed by atoms with Crippen molar-refractivity contribution in [2.75, 3.05) is 13.1 Å². The molecule has 1 saturated carbocycles. The number of fused-ring (bicyclic) bond motifs is 1. The van der Waals surface area contributed by atoms with Crippen LogP contribution in [0.5, 0.6) is 0 Å². The second-order valence-electron chi connectivity index (χ2n) is 8.39. The molecular weight excluding hydrogens is 324 g/mol. The van der Waals surface area contributed by atoms with Crippen LogP contribution in [-0.4, -0.2) is 33.9 Å². The summed E-state index contributed by atoms with van der Waals surface area (Å²) in [5, 5.41) is 10.4. The Bertz CT molecular complexity index is 817. The fourth-order valence-corrected chi connectivity index (χ4v) is 4.21. The summed E-state index contributed by atoms with van der Waals surface area (Å²) in [6, 6.07) is 3.77. The van der Waals surface area contributed by atoms with Crippen molar-refractivity contribution in [1.29, 1.82) is 0 Å². The van der Waals surface area contributed by atoms with Crippen molar-refractivity contribution in [2.45, 2.75) is 52.1 Å². The topological polar surface area (TPSA) is 53.4 Å². The molecule has 1 spiro atoms. The van der Waals surface area contributed by atoms with E-state index in [1.165, 1.54) is 12.8 Å². The van der Waals surface area contributed by atoms with Crippen LogP contribution in [0.2, 0.25) is 0 Å². The molecule has 4 heteroatoms. The Kier molecular flexibility index (Phi) is 4.16. The molecule has 0 amide bonds. The van der Waals surface area contributed by atoms with Gasteiger partial charge in [-0.05, 0) is 48.6 Å². The maximum Gasteiger partial charge on any atom is 0.177 e. The SMILES string of the molecule is C#CC1=C(N2CCC3(CC2)CC3)c2nc(C(O)C(C)C)ccc2CC1=O. The summed E-state index contributed by atoms with van der Waals surface area (Å²) in [4.78, 5) is 19.6. The van der Waals surface area contributed by atoms with Crippen LogP contribution in [0, 0.1) is 23.7 Å². The van der Waals surface area contributed by atoms with Gasteiger partial charge in [0.25, 0.3) is 0 Å². The molecule has 4 rings (SSSR count). The highest BCUT2D eigenvalue weighted by atomic mass is 16.3. The molecule has 1 saturated heterocycles. The highest BCUT2D eigenvalue weighted by Crippen LogP contribution is 2.54. The van der Waals surface area contributed by atoms with Crippen LogP contribution in [0.3, 0.4) is 0 Å². The van der Waals surface area contributed by atoms with Crippen LogP contribution in [0.15, 0.2) is 17.7 Å². The van der Waals surface area contributed by atoms with Crippen LogP contribution in [0.25, 0.3) is 5.70 Å². The van der Waals surface area contributed by atoms with Gasteiger partial charge in [0, 0.05) is 19.5 Å². The first-order valence-corrected chi connectivity index (χ1v) is 9.61. The summed E-state index contributed by atoms with van der Waals surface area (Å²) in [6.07, 6.45) is 10.4. The molecule has 0 aromatic carbocycles. The zero-order valence-corrected chi connectivity index (χ0v) is 15.6. The molecule has 3 aliphatic rings. The average molecular weight is 350 g/mol. The van der Waals surface area contributed by atoms with Crippen LogP contribution in [0.4, 0.5) is 0 Å². The van der Waals surface area contributed by atoms with Crippen LogP contribution in [-0.2, 0) is 11.2 Å². The first-order valence-electron chi connectivity index (χ1n) is 9.61. The average Bonchev–Trinajstić information content (AvgIpc) is 3.39. The molecule has 1 unspecified atom stereocenters. The predicted octanol–water partition coefficient (Wildman–Crippen LogP) is 3.12. The molecule has 0 bridgehead atoms. The number of likely N-dealkylation sites (tertiary alicyclic amines) is 1. The molecule has 0 radical (unpaired) electrons. The molecule has 1 aromatic rings. The smallest absolute Gasteiger partial charge is 0.177 e. The van der Waals surface area contributed by atoms with Crippen molar-refractivity contribution >= 4 is 11.5 Å². The number of allylic oxidation sites excluding steroid dienone is 1. The van der Waals surface area contributed by atoms with Gasteiger partial charge in [0.15, 0.2) is 5.78 Å². The number of ketones is 1. The molecule has 2 fully saturated rings. The Morgan fingerprint density at radius 1 is 1.23 bits per heavy atom. The van der Waals surface area contributed by atoms with Gasteiger partial charge < -0.3 is 10.0 Å². The third-order valence-electron chi connectivity index (χ3n) is 6.27. The maximum atomic E-state index is 12.6. The number of pyridine rings is 1. The van der Waals surface area contributed by atoms with Crippen LogP contribution >= 0.6 is 0 Å². The van der Waals surface area contributed by atoms with E-state index in [9.17, 15) is 9.90 Å². The van der Waals surface area contributed by atoms with Gasteiger partial charge in [-0.1, -0.05) is 25.8 Å². The number of piperidine rings is 1. The Labute approximate surface area is 155 Å². The zero-order chi connectivity index (χ0) is 18.5. The molecule has 136 valence electrons. The standard InChI is InChI=1S/C22H26N2O2/c1-4-16-18(25)13-15-5-6-17(21(26)14(2)3)23-19(15)20(16)24-11-9-22(7-8-22)10-12-24/h1,5-6,14,21,26H,7-13H2,2-3H3. The van der Waals surface area contributed by atoms with Crippen molar-refractivity contribution in [3.8, 4) is 12.3 Å². The lowest BCUT2D eigenvalue weighted by atomic mass is 9.87. The van der Waals surface area contributed by atoms with Crippen molar-refractivity contribution in [2.24, 2.45) is 11.3 Å². The van der Waals surface area contributed by atoms with Gasteiger partial charge in [0.1, 0.15) is 0 Å². The molecule has 1 atom stereocenters. The Hall–Kier alpha value is -2.12. The number of nitrogens with zero attached hydrogens (tertiary/aromatic N) is 2. The Morgan fingerprint density at radius 3 is 2.50 bits per heavy atom. The lowest BCUT2D eigenvalue weighted by Crippen LogP contribution is -2.36. The van der Waals surface area contributed by atoms with E-state index in [2.05, 4.69) is 10.8 Å². The number of aromatic nitrogens is 1. The number of aliphatic hydroxyl groups excluding tert-OH is 1. The fourth-order valence-electron chi connectivity index (χ4n) is 4.21. The molecule has 2 aliphatic carbocycles. The van der Waals surface area contributed by atoms with Gasteiger partial charge in [-0.15, -0.1) is 6.42 Å². The zero-order valence-electron chi connectivity index (χ0n) is 15.6. The van der Waals surface area contributed by atoms with E-state index in [1.807, 2.05) is 26.0 Å². The number of carbonyl (C=O) groups is 1. The second kappa shape index (κ2) is 6.25. The Morgan fingerprint density at radius 2 is 1.92 bits per heavy atom. The summed E-state index contributed by atoms with van der Waals surface area (Å²) in [5.41, 5.74) is 4.17. The van der Waals surface area contributed by atoms with Gasteiger partial charge in [-0.25, -0.2) is 4.98 Å². The van der Waals surface area contributed by atoms with Crippen LogP contribution < -0.4 is 0 Å². The summed E-state index contributed by atoms with van der Waals surface area (Å²) in [5.74, 6) is 2.72. The van der Waals surface area contributed by atoms with Gasteiger partial charge >= 0.3 is 0 Å². The van der Waals surface area contributed by atoms with E-state index < -0.39 is 6.10 Å². The highest BCUT2D eigenvalue weighted by Gasteiger charge is 2.45. The van der Waals surface area contributed by atoms with E-state index in [4.69, 9.17) is 11.4 Å². The number of Topliss-reactive ketones (excluding diaryl/α,β-unsaturated/α-hetero) is 1. The monoisotopic (exact) mass is 350 g/mol. The molecule has 1 aliphatic heterocycles. The van der Waals surface area contributed by atoms with E-state index in [1.54, 1.807) is 0 Å². The molecule has 2 heterocycles. The first kappa shape index (κ1) is 17.3. The fraction of sp³-hybridized carbons (Fsp3) is 0.545. The molecular formula is C22H26N2O2. The number of aliphatic hydroxyl groups is 1. The van der Waals surface area contributed by atoms with Gasteiger partial charge in [0.2, 0.25) is 0 Å². The van der Waals surface area contributed by atoms with Gasteiger partial charge in [-0.2, -0.15) is 0 Å². The Balaban J connectivity index is 1.76. The number of hydrogen-bond acceptors (Lipinski definition) is 4. The summed E-state index contributed by atoms with van der Waals surface area (Å²) >= 11 is 0. The minimum absolute atomic E-state index is 0.000617. The predicted molar refractivity (Wildman–Crippen MR) is 101 cm³/mol. The second-order valence-corrected chi connectivity index (χ2v) is 8.39. The summed E-state index contributed by atoms with van der Waals surface area (Å²) in [6.45, 7) is 5.79. The van der Waals surface area contributed by atoms with Gasteiger partial charge in [0.05, 0.1) is 28.8 Å². The number of terminal acetylenes is 1. The minimum atomic E-state index is -0.621. The van der Waals surface area contributed by atoms with E-state index in [-0.39, 0.29) is 11.7 Å². The minimum Gasteiger partial charge on any atom is -0.387 e. The highest BCUT2D eigenvalue weighted by molar-refractivity contribution is 6.09. The van der Waals surface area contributed by atoms with E-state index in [0.717, 1.165) is 42.9 Å². The first-order chi connectivity index (χ1) is 12.4. The molecule has 4 nitrogen and oxygen atoms in total. The quantitative estimate of drug-likeness (QED) is 0.851. The lowest BCUT2D eigenvalue weighted by molar-refractivity contribution is -0.114. The molecule has 26 heavy (non-hydrogen) atoms. The van der Waals surface area contributed by atoms with E-state index >= 15 is 0 Å². The summed E-state index contributed by atoms with van der Waals surface area (Å²) < 4.78 is 0. The van der Waals surface area contributed by atoms with Crippen molar-refractivity contribution < 1.29 is 9.90 Å². The lowest BCUT2D eigenvalue weighted by Gasteiger charge is -2.37. The maximum absolute atomic E-state index is 12.6. The van der Waals surface area contributed by atoms with Crippen molar-refractivity contribution in [3.63, 3.8) is 0 Å². The summed E-state index contributed by atoms with van der Waals surface area (Å²) in [7, 11) is 0. The largest absolute Gasteiger partial charge is 0.387 e. The number of hydrogen-bond donors (Lipinski definition) is 1.